The van der Waals surface area contributed by atoms with Gasteiger partial charge in [-0.25, -0.2) is 4.79 Å². The Hall–Kier alpha value is -3.08. The average molecular weight is 336 g/mol. The van der Waals surface area contributed by atoms with E-state index in [0.717, 1.165) is 23.0 Å². The first-order valence-electron chi connectivity index (χ1n) is 8.20. The molecule has 0 saturated heterocycles. The number of para-hydroxylation sites is 2. The number of nitrogens with zero attached hydrogens (tertiary/aromatic N) is 1. The van der Waals surface area contributed by atoms with Gasteiger partial charge in [0.2, 0.25) is 0 Å². The monoisotopic (exact) mass is 336 g/mol. The maximum absolute atomic E-state index is 12.4. The van der Waals surface area contributed by atoms with Crippen molar-refractivity contribution in [2.24, 2.45) is 0 Å². The lowest BCUT2D eigenvalue weighted by atomic mass is 10.2. The number of carbonyl (C=O) groups excluding carboxylic acids is 2. The van der Waals surface area contributed by atoms with Crippen molar-refractivity contribution in [3.05, 3.63) is 65.9 Å². The van der Waals surface area contributed by atoms with Crippen LogP contribution in [0.1, 0.15) is 22.8 Å². The predicted molar refractivity (Wildman–Crippen MR) is 97.7 cm³/mol. The Bertz CT molecular complexity index is 928. The van der Waals surface area contributed by atoms with Crippen LogP contribution < -0.4 is 5.32 Å². The number of esters is 1. The van der Waals surface area contributed by atoms with Crippen LogP contribution in [0.3, 0.4) is 0 Å². The first-order chi connectivity index (χ1) is 12.1. The van der Waals surface area contributed by atoms with E-state index in [4.69, 9.17) is 4.74 Å². The third kappa shape index (κ3) is 3.55. The fraction of sp³-hybridized carbons (Fsp3) is 0.200. The molecule has 1 aromatic heterocycles. The number of fused-ring (bicyclic) bond motifs is 1. The summed E-state index contributed by atoms with van der Waals surface area (Å²) >= 11 is 0. The number of aryl methyl sites for hydroxylation is 2. The Kier molecular flexibility index (Phi) is 4.84. The highest BCUT2D eigenvalue weighted by atomic mass is 16.5. The molecule has 3 aromatic rings. The van der Waals surface area contributed by atoms with Gasteiger partial charge in [-0.3, -0.25) is 4.79 Å². The predicted octanol–water partition coefficient (Wildman–Crippen LogP) is 3.77. The van der Waals surface area contributed by atoms with Crippen molar-refractivity contribution >= 4 is 28.5 Å². The quantitative estimate of drug-likeness (QED) is 0.722. The van der Waals surface area contributed by atoms with Crippen LogP contribution in [0.2, 0.25) is 0 Å². The van der Waals surface area contributed by atoms with Crippen molar-refractivity contribution in [3.8, 4) is 0 Å². The lowest BCUT2D eigenvalue weighted by molar-refractivity contribution is -0.119. The van der Waals surface area contributed by atoms with E-state index in [1.54, 1.807) is 6.20 Å². The molecule has 5 nitrogen and oxygen atoms in total. The van der Waals surface area contributed by atoms with E-state index in [1.165, 1.54) is 0 Å². The lowest BCUT2D eigenvalue weighted by Crippen LogP contribution is -2.21. The Labute approximate surface area is 146 Å². The Morgan fingerprint density at radius 3 is 2.56 bits per heavy atom. The van der Waals surface area contributed by atoms with E-state index < -0.39 is 5.97 Å². The maximum atomic E-state index is 12.4. The van der Waals surface area contributed by atoms with E-state index in [1.807, 2.05) is 66.9 Å². The van der Waals surface area contributed by atoms with Crippen LogP contribution in [0.25, 0.3) is 10.9 Å². The van der Waals surface area contributed by atoms with E-state index in [9.17, 15) is 9.59 Å². The van der Waals surface area contributed by atoms with Gasteiger partial charge in [-0.1, -0.05) is 36.4 Å². The zero-order valence-electron chi connectivity index (χ0n) is 14.3. The van der Waals surface area contributed by atoms with Crippen LogP contribution in [-0.2, 0) is 16.1 Å². The number of hydrogen-bond acceptors (Lipinski definition) is 3. The van der Waals surface area contributed by atoms with Crippen LogP contribution in [-0.4, -0.2) is 23.1 Å². The number of rotatable bonds is 5. The third-order valence-electron chi connectivity index (χ3n) is 4.10. The van der Waals surface area contributed by atoms with Crippen molar-refractivity contribution in [3.63, 3.8) is 0 Å². The molecule has 0 radical (unpaired) electrons. The van der Waals surface area contributed by atoms with Gasteiger partial charge in [0.1, 0.15) is 0 Å². The Morgan fingerprint density at radius 1 is 1.08 bits per heavy atom. The van der Waals surface area contributed by atoms with Gasteiger partial charge in [-0.05, 0) is 31.5 Å². The molecule has 1 heterocycles. The van der Waals surface area contributed by atoms with Gasteiger partial charge < -0.3 is 14.6 Å². The van der Waals surface area contributed by atoms with Crippen LogP contribution in [0.15, 0.2) is 54.7 Å². The summed E-state index contributed by atoms with van der Waals surface area (Å²) in [6.45, 7) is 4.35. The summed E-state index contributed by atoms with van der Waals surface area (Å²) in [6.07, 6.45) is 1.77. The summed E-state index contributed by atoms with van der Waals surface area (Å²) < 4.78 is 7.19. The molecule has 0 aliphatic rings. The summed E-state index contributed by atoms with van der Waals surface area (Å²) in [5.74, 6) is -0.856. The number of anilines is 1. The average Bonchev–Trinajstić information content (AvgIpc) is 3.00. The number of aromatic nitrogens is 1. The zero-order chi connectivity index (χ0) is 17.8. The molecule has 0 unspecified atom stereocenters. The molecule has 1 N–H and O–H groups in total. The first kappa shape index (κ1) is 16.8. The smallest absolute Gasteiger partial charge is 0.340 e. The minimum absolute atomic E-state index is 0.321. The maximum Gasteiger partial charge on any atom is 0.340 e. The standard InChI is InChI=1S/C20H20N2O3/c1-3-22-12-16(15-9-5-7-11-18(15)22)20(24)25-13-19(23)21-17-10-6-4-8-14(17)2/h4-12H,3,13H2,1-2H3,(H,21,23). The fourth-order valence-electron chi connectivity index (χ4n) is 2.78. The number of ether oxygens (including phenoxy) is 1. The van der Waals surface area contributed by atoms with Gasteiger partial charge in [-0.15, -0.1) is 0 Å². The molecular weight excluding hydrogens is 316 g/mol. The minimum atomic E-state index is -0.497. The van der Waals surface area contributed by atoms with E-state index in [2.05, 4.69) is 5.32 Å². The molecule has 3 rings (SSSR count). The molecular formula is C20H20N2O3. The second-order valence-electron chi connectivity index (χ2n) is 5.79. The second-order valence-corrected chi connectivity index (χ2v) is 5.79. The van der Waals surface area contributed by atoms with Gasteiger partial charge in [0, 0.05) is 29.3 Å². The Morgan fingerprint density at radius 2 is 1.80 bits per heavy atom. The highest BCUT2D eigenvalue weighted by molar-refractivity contribution is 6.05. The fourth-order valence-corrected chi connectivity index (χ4v) is 2.78. The van der Waals surface area contributed by atoms with Gasteiger partial charge in [0.15, 0.2) is 6.61 Å². The van der Waals surface area contributed by atoms with E-state index in [0.29, 0.717) is 11.3 Å². The van der Waals surface area contributed by atoms with Gasteiger partial charge in [0.25, 0.3) is 5.91 Å². The molecule has 2 aromatic carbocycles. The number of amides is 1. The van der Waals surface area contributed by atoms with Crippen LogP contribution in [0.4, 0.5) is 5.69 Å². The molecule has 0 fully saturated rings. The van der Waals surface area contributed by atoms with Crippen LogP contribution in [0, 0.1) is 6.92 Å². The molecule has 0 spiro atoms. The zero-order valence-corrected chi connectivity index (χ0v) is 14.3. The number of carbonyl (C=O) groups is 2. The van der Waals surface area contributed by atoms with Crippen LogP contribution >= 0.6 is 0 Å². The Balaban J connectivity index is 1.69. The molecule has 1 amide bonds. The molecule has 0 aliphatic carbocycles. The van der Waals surface area contributed by atoms with E-state index in [-0.39, 0.29) is 12.5 Å². The van der Waals surface area contributed by atoms with Crippen molar-refractivity contribution in [2.75, 3.05) is 11.9 Å². The molecule has 25 heavy (non-hydrogen) atoms. The largest absolute Gasteiger partial charge is 0.452 e. The molecule has 0 atom stereocenters. The lowest BCUT2D eigenvalue weighted by Gasteiger charge is -2.08. The van der Waals surface area contributed by atoms with Crippen molar-refractivity contribution < 1.29 is 14.3 Å². The van der Waals surface area contributed by atoms with Gasteiger partial charge in [-0.2, -0.15) is 0 Å². The highest BCUT2D eigenvalue weighted by Gasteiger charge is 2.17. The second kappa shape index (κ2) is 7.21. The number of benzene rings is 2. The van der Waals surface area contributed by atoms with E-state index >= 15 is 0 Å². The summed E-state index contributed by atoms with van der Waals surface area (Å²) in [6, 6.07) is 15.1. The summed E-state index contributed by atoms with van der Waals surface area (Å²) in [5.41, 5.74) is 3.11. The highest BCUT2D eigenvalue weighted by Crippen LogP contribution is 2.22. The SMILES string of the molecule is CCn1cc(C(=O)OCC(=O)Nc2ccccc2C)c2ccccc21. The molecule has 5 heteroatoms. The first-order valence-corrected chi connectivity index (χ1v) is 8.20. The molecule has 0 aliphatic heterocycles. The topological polar surface area (TPSA) is 60.3 Å². The minimum Gasteiger partial charge on any atom is -0.452 e. The third-order valence-corrected chi connectivity index (χ3v) is 4.10. The summed E-state index contributed by atoms with van der Waals surface area (Å²) in [5, 5.41) is 3.58. The van der Waals surface area contributed by atoms with Crippen LogP contribution in [0.5, 0.6) is 0 Å². The summed E-state index contributed by atoms with van der Waals surface area (Å²) in [7, 11) is 0. The van der Waals surface area contributed by atoms with Gasteiger partial charge >= 0.3 is 5.97 Å². The number of nitrogens with one attached hydrogen (secondary N) is 1. The number of hydrogen-bond donors (Lipinski definition) is 1. The van der Waals surface area contributed by atoms with Crippen molar-refractivity contribution in [1.82, 2.24) is 4.57 Å². The molecule has 0 saturated carbocycles. The molecule has 128 valence electrons. The van der Waals surface area contributed by atoms with Crippen molar-refractivity contribution in [1.29, 1.82) is 0 Å². The van der Waals surface area contributed by atoms with Crippen molar-refractivity contribution in [2.45, 2.75) is 20.4 Å². The normalized spacial score (nSPS) is 10.6. The molecule has 0 bridgehead atoms. The van der Waals surface area contributed by atoms with Gasteiger partial charge in [0.05, 0.1) is 5.56 Å². The summed E-state index contributed by atoms with van der Waals surface area (Å²) in [4.78, 5) is 24.4.